The normalized spacial score (nSPS) is 27.9. The molecule has 2 bridgehead atoms. The summed E-state index contributed by atoms with van der Waals surface area (Å²) in [6.07, 6.45) is 6.26. The molecule has 1 saturated carbocycles. The number of hydrogen-bond acceptors (Lipinski definition) is 6. The molecule has 1 aliphatic heterocycles. The summed E-state index contributed by atoms with van der Waals surface area (Å²) in [5.41, 5.74) is 0.520. The van der Waals surface area contributed by atoms with E-state index in [1.165, 1.54) is 18.3 Å². The van der Waals surface area contributed by atoms with Crippen molar-refractivity contribution in [2.45, 2.75) is 6.42 Å². The molecule has 8 nitrogen and oxygen atoms in total. The summed E-state index contributed by atoms with van der Waals surface area (Å²) in [7, 11) is 0. The van der Waals surface area contributed by atoms with Crippen LogP contribution in [0.2, 0.25) is 0 Å². The van der Waals surface area contributed by atoms with Gasteiger partial charge in [-0.1, -0.05) is 24.3 Å². The van der Waals surface area contributed by atoms with Crippen LogP contribution < -0.4 is 0 Å². The van der Waals surface area contributed by atoms with E-state index in [4.69, 9.17) is 4.42 Å². The summed E-state index contributed by atoms with van der Waals surface area (Å²) >= 11 is 0. The lowest BCUT2D eigenvalue weighted by molar-refractivity contribution is -0.384. The molecule has 4 atom stereocenters. The Kier molecular flexibility index (Phi) is 3.55. The molecule has 1 aromatic heterocycles. The second kappa shape index (κ2) is 5.98. The molecule has 2 fully saturated rings. The fraction of sp³-hybridized carbons (Fsp3) is 0.250. The highest BCUT2D eigenvalue weighted by Gasteiger charge is 2.59. The first-order chi connectivity index (χ1) is 13.5. The van der Waals surface area contributed by atoms with Crippen molar-refractivity contribution in [3.05, 3.63) is 64.4 Å². The molecule has 8 heteroatoms. The predicted molar refractivity (Wildman–Crippen MR) is 98.0 cm³/mol. The fourth-order valence-electron chi connectivity index (χ4n) is 4.47. The van der Waals surface area contributed by atoms with E-state index < -0.39 is 4.92 Å². The van der Waals surface area contributed by atoms with Gasteiger partial charge < -0.3 is 4.42 Å². The fourth-order valence-corrected chi connectivity index (χ4v) is 4.47. The van der Waals surface area contributed by atoms with Crippen molar-refractivity contribution >= 4 is 23.7 Å². The Bertz CT molecular complexity index is 1040. The average Bonchev–Trinajstić information content (AvgIpc) is 3.46. The van der Waals surface area contributed by atoms with E-state index in [-0.39, 0.29) is 41.2 Å². The number of nitro groups is 1. The quantitative estimate of drug-likeness (QED) is 0.268. The topological polar surface area (TPSA) is 106 Å². The summed E-state index contributed by atoms with van der Waals surface area (Å²) in [6, 6.07) is 9.38. The molecule has 3 aliphatic rings. The smallest absolute Gasteiger partial charge is 0.270 e. The minimum atomic E-state index is -0.474. The second-order valence-electron chi connectivity index (χ2n) is 7.24. The maximum absolute atomic E-state index is 12.6. The Morgan fingerprint density at radius 3 is 2.50 bits per heavy atom. The van der Waals surface area contributed by atoms with Crippen LogP contribution >= 0.6 is 0 Å². The molecule has 1 saturated heterocycles. The molecule has 0 radical (unpaired) electrons. The molecule has 0 unspecified atom stereocenters. The van der Waals surface area contributed by atoms with Crippen LogP contribution in [0.25, 0.3) is 11.3 Å². The molecule has 5 rings (SSSR count). The number of fused-ring (bicyclic) bond motifs is 5. The van der Waals surface area contributed by atoms with E-state index in [0.29, 0.717) is 17.1 Å². The first-order valence-electron chi connectivity index (χ1n) is 8.98. The van der Waals surface area contributed by atoms with Crippen molar-refractivity contribution in [1.29, 1.82) is 0 Å². The molecule has 2 aliphatic carbocycles. The zero-order valence-corrected chi connectivity index (χ0v) is 14.6. The molecule has 1 aromatic carbocycles. The van der Waals surface area contributed by atoms with Crippen molar-refractivity contribution in [2.75, 3.05) is 0 Å². The number of imide groups is 1. The largest absolute Gasteiger partial charge is 0.455 e. The number of carbonyl (C=O) groups is 2. The Hall–Kier alpha value is -3.55. The lowest BCUT2D eigenvalue weighted by Crippen LogP contribution is -2.28. The van der Waals surface area contributed by atoms with Crippen molar-refractivity contribution in [2.24, 2.45) is 28.8 Å². The predicted octanol–water partition coefficient (Wildman–Crippen LogP) is 3.00. The molecule has 2 aromatic rings. The molecule has 2 heterocycles. The number of allylic oxidation sites excluding steroid dienone is 2. The van der Waals surface area contributed by atoms with Gasteiger partial charge in [0.15, 0.2) is 0 Å². The lowest BCUT2D eigenvalue weighted by atomic mass is 9.85. The second-order valence-corrected chi connectivity index (χ2v) is 7.24. The van der Waals surface area contributed by atoms with Crippen LogP contribution in [0.3, 0.4) is 0 Å². The van der Waals surface area contributed by atoms with Gasteiger partial charge in [-0.25, -0.2) is 0 Å². The molecule has 28 heavy (non-hydrogen) atoms. The van der Waals surface area contributed by atoms with E-state index in [1.54, 1.807) is 24.3 Å². The van der Waals surface area contributed by atoms with Gasteiger partial charge in [-0.3, -0.25) is 19.7 Å². The Morgan fingerprint density at radius 1 is 1.11 bits per heavy atom. The van der Waals surface area contributed by atoms with Crippen LogP contribution in [0.1, 0.15) is 12.2 Å². The summed E-state index contributed by atoms with van der Waals surface area (Å²) in [5.74, 6) is -0.0504. The number of hydrogen-bond donors (Lipinski definition) is 0. The van der Waals surface area contributed by atoms with Crippen molar-refractivity contribution in [3.8, 4) is 11.3 Å². The summed E-state index contributed by atoms with van der Waals surface area (Å²) in [5, 5.41) is 15.9. The first-order valence-corrected chi connectivity index (χ1v) is 8.98. The SMILES string of the molecule is O=C1[C@@H]2[C@@H](C(=O)N1/N=C\c1ccc(-c3cccc([N+](=O)[O-])c3)o1)[C@H]1C=C[C@H]2C1. The van der Waals surface area contributed by atoms with Crippen LogP contribution in [0.5, 0.6) is 0 Å². The minimum absolute atomic E-state index is 0.0350. The van der Waals surface area contributed by atoms with E-state index in [1.807, 2.05) is 12.2 Å². The number of non-ortho nitro benzene ring substituents is 1. The van der Waals surface area contributed by atoms with Crippen LogP contribution in [-0.4, -0.2) is 28.0 Å². The summed E-state index contributed by atoms with van der Waals surface area (Å²) < 4.78 is 5.65. The van der Waals surface area contributed by atoms with E-state index in [9.17, 15) is 19.7 Å². The molecule has 0 spiro atoms. The van der Waals surface area contributed by atoms with Gasteiger partial charge in [0.1, 0.15) is 11.5 Å². The van der Waals surface area contributed by atoms with E-state index in [0.717, 1.165) is 11.4 Å². The summed E-state index contributed by atoms with van der Waals surface area (Å²) in [6.45, 7) is 0. The number of nitro benzene ring substituents is 1. The third-order valence-corrected chi connectivity index (χ3v) is 5.72. The van der Waals surface area contributed by atoms with Crippen molar-refractivity contribution in [1.82, 2.24) is 5.01 Å². The lowest BCUT2D eigenvalue weighted by Gasteiger charge is -2.13. The maximum atomic E-state index is 12.6. The highest BCUT2D eigenvalue weighted by Crippen LogP contribution is 2.52. The Labute approximate surface area is 159 Å². The number of hydrazone groups is 1. The Morgan fingerprint density at radius 2 is 1.82 bits per heavy atom. The minimum Gasteiger partial charge on any atom is -0.455 e. The van der Waals surface area contributed by atoms with Gasteiger partial charge in [0.2, 0.25) is 0 Å². The van der Waals surface area contributed by atoms with Crippen molar-refractivity contribution in [3.63, 3.8) is 0 Å². The van der Waals surface area contributed by atoms with Gasteiger partial charge in [-0.15, -0.1) is 0 Å². The van der Waals surface area contributed by atoms with Gasteiger partial charge in [-0.2, -0.15) is 10.1 Å². The highest BCUT2D eigenvalue weighted by molar-refractivity contribution is 6.06. The molecular weight excluding hydrogens is 362 g/mol. The first kappa shape index (κ1) is 16.6. The zero-order chi connectivity index (χ0) is 19.4. The molecule has 140 valence electrons. The third kappa shape index (κ3) is 2.41. The number of amides is 2. The van der Waals surface area contributed by atoms with Crippen LogP contribution in [0.15, 0.2) is 58.1 Å². The Balaban J connectivity index is 1.36. The standard InChI is InChI=1S/C20H15N3O5/c24-19-17-12-4-5-13(8-12)18(17)20(25)22(19)21-10-15-6-7-16(28-15)11-2-1-3-14(9-11)23(26)27/h1-7,9-10,12-13,17-18H,8H2/b21-10-/t12-,13-,17-,18-/m0/s1. The van der Waals surface area contributed by atoms with Gasteiger partial charge in [0.25, 0.3) is 17.5 Å². The number of rotatable bonds is 4. The zero-order valence-electron chi connectivity index (χ0n) is 14.6. The molecule has 0 N–H and O–H groups in total. The highest BCUT2D eigenvalue weighted by atomic mass is 16.6. The number of furan rings is 1. The average molecular weight is 377 g/mol. The number of carbonyl (C=O) groups excluding carboxylic acids is 2. The van der Waals surface area contributed by atoms with E-state index in [2.05, 4.69) is 5.10 Å². The van der Waals surface area contributed by atoms with E-state index >= 15 is 0 Å². The van der Waals surface area contributed by atoms with Gasteiger partial charge in [-0.05, 0) is 30.4 Å². The number of nitrogens with zero attached hydrogens (tertiary/aromatic N) is 3. The maximum Gasteiger partial charge on any atom is 0.270 e. The van der Waals surface area contributed by atoms with Gasteiger partial charge in [0, 0.05) is 17.7 Å². The van der Waals surface area contributed by atoms with Gasteiger partial charge >= 0.3 is 0 Å². The van der Waals surface area contributed by atoms with Crippen LogP contribution in [0, 0.1) is 33.8 Å². The van der Waals surface area contributed by atoms with Crippen molar-refractivity contribution < 1.29 is 18.9 Å². The monoisotopic (exact) mass is 377 g/mol. The number of benzene rings is 1. The van der Waals surface area contributed by atoms with Gasteiger partial charge in [0.05, 0.1) is 23.0 Å². The molecular formula is C20H15N3O5. The molecule has 2 amide bonds. The summed E-state index contributed by atoms with van der Waals surface area (Å²) in [4.78, 5) is 35.6. The van der Waals surface area contributed by atoms with Crippen LogP contribution in [-0.2, 0) is 9.59 Å². The van der Waals surface area contributed by atoms with Crippen LogP contribution in [0.4, 0.5) is 5.69 Å². The third-order valence-electron chi connectivity index (χ3n) is 5.72.